The molecule has 4 nitrogen and oxygen atoms in total. The van der Waals surface area contributed by atoms with Crippen molar-refractivity contribution < 1.29 is 0 Å². The van der Waals surface area contributed by atoms with Crippen LogP contribution >= 0.6 is 0 Å². The Labute approximate surface area is 102 Å². The van der Waals surface area contributed by atoms with Crippen molar-refractivity contribution >= 4 is 11.7 Å². The van der Waals surface area contributed by atoms with Crippen molar-refractivity contribution in [1.29, 1.82) is 0 Å². The third kappa shape index (κ3) is 4.26. The first-order valence-electron chi connectivity index (χ1n) is 5.86. The molecule has 4 heteroatoms. The number of hydrogen-bond acceptors (Lipinski definition) is 2. The maximum atomic E-state index is 5.26. The molecule has 0 saturated carbocycles. The van der Waals surface area contributed by atoms with Gasteiger partial charge in [0.05, 0.1) is 5.71 Å². The van der Waals surface area contributed by atoms with Crippen LogP contribution in [-0.4, -0.2) is 11.7 Å². The van der Waals surface area contributed by atoms with Crippen LogP contribution < -0.4 is 11.5 Å². The van der Waals surface area contributed by atoms with Crippen LogP contribution in [0, 0.1) is 0 Å². The summed E-state index contributed by atoms with van der Waals surface area (Å²) in [6.07, 6.45) is 3.41. The first-order chi connectivity index (χ1) is 8.15. The minimum Gasteiger partial charge on any atom is -0.369 e. The molecular formula is C13H20N4. The van der Waals surface area contributed by atoms with Gasteiger partial charge in [-0.15, -0.1) is 5.10 Å². The van der Waals surface area contributed by atoms with Crippen molar-refractivity contribution in [2.24, 2.45) is 21.7 Å². The van der Waals surface area contributed by atoms with Gasteiger partial charge in [-0.25, -0.2) is 0 Å². The zero-order valence-electron chi connectivity index (χ0n) is 10.5. The maximum absolute atomic E-state index is 5.26. The fourth-order valence-corrected chi connectivity index (χ4v) is 1.65. The predicted octanol–water partition coefficient (Wildman–Crippen LogP) is 2.03. The summed E-state index contributed by atoms with van der Waals surface area (Å²) >= 11 is 0. The summed E-state index contributed by atoms with van der Waals surface area (Å²) in [5.41, 5.74) is 13.8. The molecule has 0 heterocycles. The number of benzene rings is 1. The van der Waals surface area contributed by atoms with Gasteiger partial charge in [0, 0.05) is 5.56 Å². The summed E-state index contributed by atoms with van der Waals surface area (Å²) in [5.74, 6) is -0.0182. The standard InChI is InChI=1S/C13H20N4/c1-3-4-7-11-8-5-6-9-12(11)10(2)16-17-13(14)15/h5-6,8-9H,3-4,7H2,1-2H3,(H4,14,15,17). The lowest BCUT2D eigenvalue weighted by Crippen LogP contribution is -2.22. The highest BCUT2D eigenvalue weighted by atomic mass is 15.3. The van der Waals surface area contributed by atoms with Gasteiger partial charge in [0.15, 0.2) is 0 Å². The summed E-state index contributed by atoms with van der Waals surface area (Å²) in [5, 5.41) is 7.70. The van der Waals surface area contributed by atoms with Gasteiger partial charge in [0.2, 0.25) is 5.96 Å². The van der Waals surface area contributed by atoms with Crippen molar-refractivity contribution in [3.05, 3.63) is 35.4 Å². The highest BCUT2D eigenvalue weighted by molar-refractivity contribution is 6.00. The second kappa shape index (κ2) is 6.68. The van der Waals surface area contributed by atoms with Crippen LogP contribution in [0.25, 0.3) is 0 Å². The van der Waals surface area contributed by atoms with Crippen LogP contribution in [0.5, 0.6) is 0 Å². The highest BCUT2D eigenvalue weighted by Gasteiger charge is 2.04. The zero-order valence-corrected chi connectivity index (χ0v) is 10.5. The van der Waals surface area contributed by atoms with Gasteiger partial charge in [0.25, 0.3) is 0 Å². The number of hydrogen-bond donors (Lipinski definition) is 2. The molecular weight excluding hydrogens is 212 g/mol. The van der Waals surface area contributed by atoms with Crippen molar-refractivity contribution in [2.75, 3.05) is 0 Å². The van der Waals surface area contributed by atoms with Crippen molar-refractivity contribution in [2.45, 2.75) is 33.1 Å². The third-order valence-electron chi connectivity index (χ3n) is 2.52. The van der Waals surface area contributed by atoms with E-state index < -0.39 is 0 Å². The van der Waals surface area contributed by atoms with Gasteiger partial charge < -0.3 is 11.5 Å². The monoisotopic (exact) mass is 232 g/mol. The zero-order chi connectivity index (χ0) is 12.7. The van der Waals surface area contributed by atoms with Gasteiger partial charge in [-0.2, -0.15) is 5.10 Å². The van der Waals surface area contributed by atoms with E-state index in [4.69, 9.17) is 11.5 Å². The Bertz CT molecular complexity index is 417. The Kier molecular flexibility index (Phi) is 5.20. The molecule has 0 bridgehead atoms. The van der Waals surface area contributed by atoms with Crippen LogP contribution in [0.2, 0.25) is 0 Å². The molecule has 4 N–H and O–H groups in total. The lowest BCUT2D eigenvalue weighted by atomic mass is 9.99. The molecule has 0 aliphatic rings. The van der Waals surface area contributed by atoms with Crippen molar-refractivity contribution in [3.8, 4) is 0 Å². The Hall–Kier alpha value is -1.84. The summed E-state index contributed by atoms with van der Waals surface area (Å²) in [6.45, 7) is 4.10. The molecule has 0 aromatic heterocycles. The maximum Gasteiger partial charge on any atom is 0.211 e. The summed E-state index contributed by atoms with van der Waals surface area (Å²) in [7, 11) is 0. The van der Waals surface area contributed by atoms with E-state index in [1.54, 1.807) is 0 Å². The predicted molar refractivity (Wildman–Crippen MR) is 73.1 cm³/mol. The van der Waals surface area contributed by atoms with E-state index in [0.717, 1.165) is 17.7 Å². The van der Waals surface area contributed by atoms with Crippen molar-refractivity contribution in [3.63, 3.8) is 0 Å². The van der Waals surface area contributed by atoms with Crippen LogP contribution in [-0.2, 0) is 6.42 Å². The third-order valence-corrected chi connectivity index (χ3v) is 2.52. The number of rotatable bonds is 5. The summed E-state index contributed by atoms with van der Waals surface area (Å²) in [6, 6.07) is 8.22. The molecule has 0 amide bonds. The quantitative estimate of drug-likeness (QED) is 0.463. The molecule has 0 saturated heterocycles. The second-order valence-electron chi connectivity index (χ2n) is 3.97. The molecule has 0 fully saturated rings. The minimum absolute atomic E-state index is 0.0182. The number of nitrogens with zero attached hydrogens (tertiary/aromatic N) is 2. The number of nitrogens with two attached hydrogens (primary N) is 2. The molecule has 0 atom stereocenters. The van der Waals surface area contributed by atoms with Crippen LogP contribution in [0.3, 0.4) is 0 Å². The molecule has 1 aromatic rings. The first kappa shape index (κ1) is 13.2. The van der Waals surface area contributed by atoms with E-state index in [1.807, 2.05) is 25.1 Å². The normalized spacial score (nSPS) is 11.3. The average molecular weight is 232 g/mol. The topological polar surface area (TPSA) is 76.8 Å². The fraction of sp³-hybridized carbons (Fsp3) is 0.385. The van der Waals surface area contributed by atoms with Gasteiger partial charge in [-0.05, 0) is 25.3 Å². The summed E-state index contributed by atoms with van der Waals surface area (Å²) < 4.78 is 0. The van der Waals surface area contributed by atoms with Crippen LogP contribution in [0.4, 0.5) is 0 Å². The van der Waals surface area contributed by atoms with E-state index in [2.05, 4.69) is 23.2 Å². The lowest BCUT2D eigenvalue weighted by Gasteiger charge is -2.07. The van der Waals surface area contributed by atoms with Gasteiger partial charge in [-0.1, -0.05) is 37.6 Å². The molecule has 0 aliphatic heterocycles. The first-order valence-corrected chi connectivity index (χ1v) is 5.86. The number of unbranched alkanes of at least 4 members (excludes halogenated alkanes) is 1. The van der Waals surface area contributed by atoms with Gasteiger partial charge in [-0.3, -0.25) is 0 Å². The molecule has 1 rings (SSSR count). The highest BCUT2D eigenvalue weighted by Crippen LogP contribution is 2.13. The largest absolute Gasteiger partial charge is 0.369 e. The van der Waals surface area contributed by atoms with Gasteiger partial charge in [0.1, 0.15) is 0 Å². The van der Waals surface area contributed by atoms with E-state index in [9.17, 15) is 0 Å². The Morgan fingerprint density at radius 3 is 2.53 bits per heavy atom. The average Bonchev–Trinajstić information content (AvgIpc) is 2.33. The molecule has 17 heavy (non-hydrogen) atoms. The lowest BCUT2D eigenvalue weighted by molar-refractivity contribution is 0.794. The van der Waals surface area contributed by atoms with Gasteiger partial charge >= 0.3 is 0 Å². The van der Waals surface area contributed by atoms with E-state index >= 15 is 0 Å². The van der Waals surface area contributed by atoms with Crippen molar-refractivity contribution in [1.82, 2.24) is 0 Å². The molecule has 0 spiro atoms. The Balaban J connectivity index is 2.96. The molecule has 0 aliphatic carbocycles. The molecule has 1 aromatic carbocycles. The van der Waals surface area contributed by atoms with E-state index in [0.29, 0.717) is 0 Å². The molecule has 92 valence electrons. The van der Waals surface area contributed by atoms with Crippen LogP contribution in [0.15, 0.2) is 34.5 Å². The number of guanidine groups is 1. The molecule has 0 radical (unpaired) electrons. The fourth-order valence-electron chi connectivity index (χ4n) is 1.65. The minimum atomic E-state index is -0.0182. The SMILES string of the molecule is CCCCc1ccccc1C(C)=NN=C(N)N. The molecule has 0 unspecified atom stereocenters. The summed E-state index contributed by atoms with van der Waals surface area (Å²) in [4.78, 5) is 0. The Morgan fingerprint density at radius 1 is 1.18 bits per heavy atom. The van der Waals surface area contributed by atoms with E-state index in [1.165, 1.54) is 18.4 Å². The number of aryl methyl sites for hydroxylation is 1. The second-order valence-corrected chi connectivity index (χ2v) is 3.97. The smallest absolute Gasteiger partial charge is 0.211 e. The van der Waals surface area contributed by atoms with E-state index in [-0.39, 0.29) is 5.96 Å². The Morgan fingerprint density at radius 2 is 1.88 bits per heavy atom. The van der Waals surface area contributed by atoms with Crippen LogP contribution in [0.1, 0.15) is 37.8 Å².